The van der Waals surface area contributed by atoms with E-state index in [1.807, 2.05) is 6.20 Å². The molecule has 2 rings (SSSR count). The Bertz CT molecular complexity index is 480. The highest BCUT2D eigenvalue weighted by Crippen LogP contribution is 2.27. The van der Waals surface area contributed by atoms with Crippen molar-refractivity contribution in [2.45, 2.75) is 33.2 Å². The van der Waals surface area contributed by atoms with Crippen LogP contribution in [0.3, 0.4) is 0 Å². The Balaban J connectivity index is 2.31. The first kappa shape index (κ1) is 11.8. The van der Waals surface area contributed by atoms with Crippen LogP contribution in [0.5, 0.6) is 0 Å². The van der Waals surface area contributed by atoms with Gasteiger partial charge in [0, 0.05) is 24.5 Å². The number of hydrogen-bond donors (Lipinski definition) is 1. The molecule has 0 saturated heterocycles. The Kier molecular flexibility index (Phi) is 3.52. The van der Waals surface area contributed by atoms with E-state index >= 15 is 0 Å². The number of hydrogen-bond acceptors (Lipinski definition) is 1. The van der Waals surface area contributed by atoms with Gasteiger partial charge in [0.2, 0.25) is 0 Å². The Hall–Kier alpha value is -1.70. The molecule has 1 aromatic heterocycles. The molecule has 0 aliphatic rings. The molecule has 2 heteroatoms. The largest absolute Gasteiger partial charge is 0.397 e. The van der Waals surface area contributed by atoms with E-state index < -0.39 is 0 Å². The summed E-state index contributed by atoms with van der Waals surface area (Å²) in [5.74, 6) is 0. The summed E-state index contributed by atoms with van der Waals surface area (Å²) in [7, 11) is 0. The molecule has 0 bridgehead atoms. The molecule has 0 saturated carbocycles. The minimum Gasteiger partial charge on any atom is -0.397 e. The van der Waals surface area contributed by atoms with Crippen molar-refractivity contribution in [1.82, 2.24) is 4.57 Å². The number of aryl methyl sites for hydroxylation is 2. The van der Waals surface area contributed by atoms with Gasteiger partial charge in [0.05, 0.1) is 5.69 Å². The van der Waals surface area contributed by atoms with Gasteiger partial charge in [0.15, 0.2) is 0 Å². The van der Waals surface area contributed by atoms with E-state index in [0.29, 0.717) is 0 Å². The molecule has 0 spiro atoms. The minimum atomic E-state index is 0.864. The first-order valence-corrected chi connectivity index (χ1v) is 6.29. The van der Waals surface area contributed by atoms with Crippen molar-refractivity contribution in [2.24, 2.45) is 0 Å². The van der Waals surface area contributed by atoms with Crippen molar-refractivity contribution < 1.29 is 0 Å². The molecule has 0 amide bonds. The van der Waals surface area contributed by atoms with E-state index in [1.54, 1.807) is 0 Å². The third-order valence-corrected chi connectivity index (χ3v) is 3.07. The third kappa shape index (κ3) is 2.52. The van der Waals surface area contributed by atoms with Crippen LogP contribution in [-0.2, 0) is 13.0 Å². The lowest BCUT2D eigenvalue weighted by Crippen LogP contribution is -1.91. The molecule has 2 aromatic rings. The summed E-state index contributed by atoms with van der Waals surface area (Å²) in [5.41, 5.74) is 10.6. The van der Waals surface area contributed by atoms with Crippen LogP contribution < -0.4 is 5.73 Å². The smallest absolute Gasteiger partial charge is 0.0573 e. The van der Waals surface area contributed by atoms with Gasteiger partial charge in [-0.25, -0.2) is 0 Å². The lowest BCUT2D eigenvalue weighted by Gasteiger charge is -2.02. The highest BCUT2D eigenvalue weighted by atomic mass is 14.9. The van der Waals surface area contributed by atoms with Gasteiger partial charge in [-0.05, 0) is 24.0 Å². The fourth-order valence-electron chi connectivity index (χ4n) is 2.07. The van der Waals surface area contributed by atoms with E-state index in [9.17, 15) is 0 Å². The molecule has 0 aliphatic heterocycles. The second-order valence-electron chi connectivity index (χ2n) is 4.42. The Labute approximate surface area is 103 Å². The van der Waals surface area contributed by atoms with Gasteiger partial charge >= 0.3 is 0 Å². The summed E-state index contributed by atoms with van der Waals surface area (Å²) in [6.45, 7) is 5.37. The predicted octanol–water partition coefficient (Wildman–Crippen LogP) is 3.71. The lowest BCUT2D eigenvalue weighted by molar-refractivity contribution is 0.684. The second-order valence-corrected chi connectivity index (χ2v) is 4.42. The molecule has 0 unspecified atom stereocenters. The third-order valence-electron chi connectivity index (χ3n) is 3.07. The van der Waals surface area contributed by atoms with Crippen molar-refractivity contribution in [2.75, 3.05) is 5.73 Å². The van der Waals surface area contributed by atoms with E-state index in [4.69, 9.17) is 5.73 Å². The monoisotopic (exact) mass is 228 g/mol. The molecule has 1 heterocycles. The Morgan fingerprint density at radius 2 is 1.76 bits per heavy atom. The SMILES string of the molecule is CCCn1cc(N)c(-c2ccc(CC)cc2)c1. The van der Waals surface area contributed by atoms with Crippen LogP contribution in [0.2, 0.25) is 0 Å². The van der Waals surface area contributed by atoms with Crippen LogP contribution in [0.25, 0.3) is 11.1 Å². The van der Waals surface area contributed by atoms with Crippen molar-refractivity contribution in [3.8, 4) is 11.1 Å². The van der Waals surface area contributed by atoms with Crippen LogP contribution in [0.15, 0.2) is 36.7 Å². The second kappa shape index (κ2) is 5.09. The number of nitrogens with zero attached hydrogens (tertiary/aromatic N) is 1. The normalized spacial score (nSPS) is 10.7. The number of nitrogens with two attached hydrogens (primary N) is 1. The zero-order valence-electron chi connectivity index (χ0n) is 10.6. The number of aromatic nitrogens is 1. The van der Waals surface area contributed by atoms with Gasteiger partial charge in [0.25, 0.3) is 0 Å². The predicted molar refractivity (Wildman–Crippen MR) is 73.9 cm³/mol. The highest BCUT2D eigenvalue weighted by molar-refractivity contribution is 5.76. The van der Waals surface area contributed by atoms with Gasteiger partial charge in [-0.3, -0.25) is 0 Å². The summed E-state index contributed by atoms with van der Waals surface area (Å²) in [6, 6.07) is 8.65. The molecule has 90 valence electrons. The maximum absolute atomic E-state index is 6.05. The van der Waals surface area contributed by atoms with Crippen molar-refractivity contribution in [3.63, 3.8) is 0 Å². The first-order valence-electron chi connectivity index (χ1n) is 6.29. The summed E-state index contributed by atoms with van der Waals surface area (Å²) >= 11 is 0. The van der Waals surface area contributed by atoms with Gasteiger partial charge in [0.1, 0.15) is 0 Å². The first-order chi connectivity index (χ1) is 8.24. The zero-order chi connectivity index (χ0) is 12.3. The van der Waals surface area contributed by atoms with E-state index in [-0.39, 0.29) is 0 Å². The van der Waals surface area contributed by atoms with Crippen molar-refractivity contribution in [1.29, 1.82) is 0 Å². The van der Waals surface area contributed by atoms with Gasteiger partial charge in [-0.15, -0.1) is 0 Å². The van der Waals surface area contributed by atoms with Gasteiger partial charge < -0.3 is 10.3 Å². The van der Waals surface area contributed by atoms with Crippen LogP contribution in [0, 0.1) is 0 Å². The number of anilines is 1. The van der Waals surface area contributed by atoms with Crippen LogP contribution >= 0.6 is 0 Å². The van der Waals surface area contributed by atoms with Crippen molar-refractivity contribution in [3.05, 3.63) is 42.2 Å². The maximum atomic E-state index is 6.05. The highest BCUT2D eigenvalue weighted by Gasteiger charge is 2.05. The van der Waals surface area contributed by atoms with Crippen LogP contribution in [-0.4, -0.2) is 4.57 Å². The van der Waals surface area contributed by atoms with Crippen LogP contribution in [0.1, 0.15) is 25.8 Å². The Morgan fingerprint density at radius 1 is 1.06 bits per heavy atom. The lowest BCUT2D eigenvalue weighted by atomic mass is 10.0. The molecule has 1 aromatic carbocycles. The quantitative estimate of drug-likeness (QED) is 0.849. The van der Waals surface area contributed by atoms with Crippen molar-refractivity contribution >= 4 is 5.69 Å². The topological polar surface area (TPSA) is 30.9 Å². The average Bonchev–Trinajstić information content (AvgIpc) is 2.71. The molecular formula is C15H20N2. The summed E-state index contributed by atoms with van der Waals surface area (Å²) in [5, 5.41) is 0. The molecule has 0 aliphatic carbocycles. The fourth-order valence-corrected chi connectivity index (χ4v) is 2.07. The zero-order valence-corrected chi connectivity index (χ0v) is 10.6. The maximum Gasteiger partial charge on any atom is 0.0573 e. The molecule has 17 heavy (non-hydrogen) atoms. The van der Waals surface area contributed by atoms with E-state index in [0.717, 1.165) is 30.6 Å². The molecule has 2 N–H and O–H groups in total. The molecule has 0 fully saturated rings. The summed E-state index contributed by atoms with van der Waals surface area (Å²) in [6.07, 6.45) is 6.36. The summed E-state index contributed by atoms with van der Waals surface area (Å²) in [4.78, 5) is 0. The van der Waals surface area contributed by atoms with Gasteiger partial charge in [-0.1, -0.05) is 38.1 Å². The minimum absolute atomic E-state index is 0.864. The van der Waals surface area contributed by atoms with Crippen LogP contribution in [0.4, 0.5) is 5.69 Å². The Morgan fingerprint density at radius 3 is 2.35 bits per heavy atom. The molecule has 0 radical (unpaired) electrons. The van der Waals surface area contributed by atoms with E-state index in [1.165, 1.54) is 11.1 Å². The fraction of sp³-hybridized carbons (Fsp3) is 0.333. The summed E-state index contributed by atoms with van der Waals surface area (Å²) < 4.78 is 2.17. The standard InChI is InChI=1S/C15H20N2/c1-3-9-17-10-14(15(16)11-17)13-7-5-12(4-2)6-8-13/h5-8,10-11H,3-4,9,16H2,1-2H3. The van der Waals surface area contributed by atoms with Gasteiger partial charge in [-0.2, -0.15) is 0 Å². The number of rotatable bonds is 4. The molecule has 0 atom stereocenters. The average molecular weight is 228 g/mol. The van der Waals surface area contributed by atoms with E-state index in [2.05, 4.69) is 48.9 Å². The molecule has 2 nitrogen and oxygen atoms in total. The molecular weight excluding hydrogens is 208 g/mol. The number of nitrogen functional groups attached to an aromatic ring is 1. The number of benzene rings is 1.